The Morgan fingerprint density at radius 2 is 1.88 bits per heavy atom. The molecule has 0 spiro atoms. The molecule has 2 N–H and O–H groups in total. The molecule has 0 saturated heterocycles. The van der Waals surface area contributed by atoms with Crippen LogP contribution in [-0.4, -0.2) is 9.38 Å². The van der Waals surface area contributed by atoms with Gasteiger partial charge in [0.15, 0.2) is 0 Å². The zero-order chi connectivity index (χ0) is 11.8. The van der Waals surface area contributed by atoms with Gasteiger partial charge in [-0.25, -0.2) is 4.98 Å². The lowest BCUT2D eigenvalue weighted by Crippen LogP contribution is -1.88. The molecule has 0 unspecified atom stereocenters. The number of aromatic nitrogens is 2. The second kappa shape index (κ2) is 3.79. The molecule has 0 saturated carbocycles. The van der Waals surface area contributed by atoms with E-state index in [4.69, 9.17) is 17.3 Å². The van der Waals surface area contributed by atoms with Gasteiger partial charge in [0.2, 0.25) is 0 Å². The maximum absolute atomic E-state index is 5.95. The molecule has 0 aliphatic heterocycles. The molecule has 84 valence electrons. The van der Waals surface area contributed by atoms with Crippen molar-refractivity contribution in [1.29, 1.82) is 0 Å². The van der Waals surface area contributed by atoms with Crippen LogP contribution in [0.3, 0.4) is 0 Å². The first kappa shape index (κ1) is 10.2. The van der Waals surface area contributed by atoms with Crippen molar-refractivity contribution in [3.8, 4) is 11.4 Å². The minimum Gasteiger partial charge on any atom is -0.382 e. The van der Waals surface area contributed by atoms with Gasteiger partial charge in [0.05, 0.1) is 5.52 Å². The highest BCUT2D eigenvalue weighted by molar-refractivity contribution is 6.31. The molecule has 17 heavy (non-hydrogen) atoms. The van der Waals surface area contributed by atoms with Crippen molar-refractivity contribution in [3.05, 3.63) is 53.7 Å². The second-order valence-electron chi connectivity index (χ2n) is 3.79. The molecule has 4 heteroatoms. The number of anilines is 1. The number of pyridine rings is 1. The van der Waals surface area contributed by atoms with Gasteiger partial charge in [0.25, 0.3) is 0 Å². The molecule has 0 amide bonds. The third kappa shape index (κ3) is 1.65. The largest absolute Gasteiger partial charge is 0.382 e. The normalized spacial score (nSPS) is 10.9. The van der Waals surface area contributed by atoms with Crippen molar-refractivity contribution < 1.29 is 0 Å². The lowest BCUT2D eigenvalue weighted by atomic mass is 10.2. The number of nitrogens with two attached hydrogens (primary N) is 1. The number of benzene rings is 1. The molecule has 0 atom stereocenters. The Balaban J connectivity index is 2.32. The first-order valence-electron chi connectivity index (χ1n) is 5.24. The summed E-state index contributed by atoms with van der Waals surface area (Å²) in [4.78, 5) is 4.38. The van der Waals surface area contributed by atoms with Crippen LogP contribution in [0.5, 0.6) is 0 Å². The summed E-state index contributed by atoms with van der Waals surface area (Å²) in [6.45, 7) is 0. The van der Waals surface area contributed by atoms with Crippen LogP contribution in [0.2, 0.25) is 5.02 Å². The molecular weight excluding hydrogens is 234 g/mol. The first-order valence-corrected chi connectivity index (χ1v) is 5.62. The molecule has 0 aliphatic carbocycles. The van der Waals surface area contributed by atoms with E-state index >= 15 is 0 Å². The zero-order valence-corrected chi connectivity index (χ0v) is 9.72. The molecule has 2 heterocycles. The van der Waals surface area contributed by atoms with E-state index in [0.29, 0.717) is 10.8 Å². The average Bonchev–Trinajstić information content (AvgIpc) is 2.68. The van der Waals surface area contributed by atoms with Gasteiger partial charge in [0.1, 0.15) is 11.6 Å². The highest BCUT2D eigenvalue weighted by atomic mass is 35.5. The van der Waals surface area contributed by atoms with Gasteiger partial charge in [-0.1, -0.05) is 41.9 Å². The number of nitrogen functional groups attached to an aromatic ring is 1. The summed E-state index contributed by atoms with van der Waals surface area (Å²) in [5, 5.41) is 0.656. The van der Waals surface area contributed by atoms with E-state index in [1.165, 1.54) is 0 Å². The Morgan fingerprint density at radius 1 is 1.12 bits per heavy atom. The first-order chi connectivity index (χ1) is 8.25. The van der Waals surface area contributed by atoms with Crippen molar-refractivity contribution >= 4 is 22.9 Å². The smallest absolute Gasteiger partial charge is 0.150 e. The average molecular weight is 244 g/mol. The van der Waals surface area contributed by atoms with Crippen molar-refractivity contribution in [2.75, 3.05) is 5.73 Å². The van der Waals surface area contributed by atoms with Crippen LogP contribution in [0, 0.1) is 0 Å². The maximum atomic E-state index is 5.95. The van der Waals surface area contributed by atoms with Crippen molar-refractivity contribution in [2.24, 2.45) is 0 Å². The number of fused-ring (bicyclic) bond motifs is 1. The van der Waals surface area contributed by atoms with Crippen molar-refractivity contribution in [1.82, 2.24) is 9.38 Å². The Morgan fingerprint density at radius 3 is 2.65 bits per heavy atom. The fourth-order valence-electron chi connectivity index (χ4n) is 1.87. The minimum atomic E-state index is 0.492. The van der Waals surface area contributed by atoms with Crippen LogP contribution in [-0.2, 0) is 0 Å². The molecule has 0 bridgehead atoms. The quantitative estimate of drug-likeness (QED) is 0.713. The van der Waals surface area contributed by atoms with Crippen molar-refractivity contribution in [2.45, 2.75) is 0 Å². The molecule has 3 rings (SSSR count). The van der Waals surface area contributed by atoms with Crippen LogP contribution >= 0.6 is 11.6 Å². The van der Waals surface area contributed by atoms with Crippen LogP contribution < -0.4 is 5.73 Å². The molecule has 1 aromatic carbocycles. The number of hydrogen-bond donors (Lipinski definition) is 1. The van der Waals surface area contributed by atoms with Gasteiger partial charge in [0, 0.05) is 16.8 Å². The van der Waals surface area contributed by atoms with Gasteiger partial charge in [-0.05, 0) is 12.1 Å². The Hall–Kier alpha value is -2.00. The molecule has 0 aliphatic rings. The Kier molecular flexibility index (Phi) is 2.27. The second-order valence-corrected chi connectivity index (χ2v) is 4.22. The number of halogens is 1. The third-order valence-electron chi connectivity index (χ3n) is 2.67. The highest BCUT2D eigenvalue weighted by Crippen LogP contribution is 2.25. The van der Waals surface area contributed by atoms with Crippen molar-refractivity contribution in [3.63, 3.8) is 0 Å². The number of hydrogen-bond acceptors (Lipinski definition) is 2. The molecule has 3 nitrogen and oxygen atoms in total. The lowest BCUT2D eigenvalue weighted by Gasteiger charge is -2.00. The fourth-order valence-corrected chi connectivity index (χ4v) is 2.03. The van der Waals surface area contributed by atoms with Gasteiger partial charge in [-0.2, -0.15) is 0 Å². The van der Waals surface area contributed by atoms with Gasteiger partial charge in [-0.15, -0.1) is 0 Å². The number of rotatable bonds is 1. The predicted octanol–water partition coefficient (Wildman–Crippen LogP) is 3.24. The zero-order valence-electron chi connectivity index (χ0n) is 8.97. The van der Waals surface area contributed by atoms with E-state index in [1.807, 2.05) is 53.1 Å². The van der Waals surface area contributed by atoms with E-state index in [1.54, 1.807) is 0 Å². The van der Waals surface area contributed by atoms with E-state index in [2.05, 4.69) is 4.98 Å². The summed E-state index contributed by atoms with van der Waals surface area (Å²) < 4.78 is 1.94. The predicted molar refractivity (Wildman–Crippen MR) is 70.1 cm³/mol. The Bertz CT molecular complexity index is 674. The summed E-state index contributed by atoms with van der Waals surface area (Å²) in [7, 11) is 0. The summed E-state index contributed by atoms with van der Waals surface area (Å²) in [5.41, 5.74) is 7.75. The van der Waals surface area contributed by atoms with Gasteiger partial charge in [-0.3, -0.25) is 4.40 Å². The molecule has 2 aromatic heterocycles. The molecule has 3 aromatic rings. The van der Waals surface area contributed by atoms with E-state index in [0.717, 1.165) is 16.9 Å². The van der Waals surface area contributed by atoms with E-state index in [-0.39, 0.29) is 0 Å². The molecule has 0 fully saturated rings. The SMILES string of the molecule is Nc1nc(-c2ccccc2)n2ccc(Cl)cc12. The monoisotopic (exact) mass is 243 g/mol. The van der Waals surface area contributed by atoms with Crippen LogP contribution in [0.4, 0.5) is 5.82 Å². The summed E-state index contributed by atoms with van der Waals surface area (Å²) in [5.74, 6) is 1.32. The fraction of sp³-hybridized carbons (Fsp3) is 0. The third-order valence-corrected chi connectivity index (χ3v) is 2.90. The lowest BCUT2D eigenvalue weighted by molar-refractivity contribution is 1.16. The van der Waals surface area contributed by atoms with E-state index < -0.39 is 0 Å². The van der Waals surface area contributed by atoms with Crippen LogP contribution in [0.25, 0.3) is 16.9 Å². The molecular formula is C13H10ClN3. The van der Waals surface area contributed by atoms with Gasteiger partial charge >= 0.3 is 0 Å². The summed E-state index contributed by atoms with van der Waals surface area (Å²) in [6, 6.07) is 13.6. The van der Waals surface area contributed by atoms with Gasteiger partial charge < -0.3 is 5.73 Å². The number of nitrogens with zero attached hydrogens (tertiary/aromatic N) is 2. The minimum absolute atomic E-state index is 0.492. The standard InChI is InChI=1S/C13H10ClN3/c14-10-6-7-17-11(8-10)12(15)16-13(17)9-4-2-1-3-5-9/h1-8H,15H2. The van der Waals surface area contributed by atoms with Crippen LogP contribution in [0.15, 0.2) is 48.7 Å². The number of imidazole rings is 1. The maximum Gasteiger partial charge on any atom is 0.150 e. The van der Waals surface area contributed by atoms with Crippen LogP contribution in [0.1, 0.15) is 0 Å². The topological polar surface area (TPSA) is 43.3 Å². The summed E-state index contributed by atoms with van der Waals surface area (Å²) >= 11 is 5.95. The van der Waals surface area contributed by atoms with E-state index in [9.17, 15) is 0 Å². The summed E-state index contributed by atoms with van der Waals surface area (Å²) in [6.07, 6.45) is 1.88. The highest BCUT2D eigenvalue weighted by Gasteiger charge is 2.10. The molecule has 0 radical (unpaired) electrons. The Labute approximate surface area is 103 Å².